The highest BCUT2D eigenvalue weighted by molar-refractivity contribution is 7.13. The topological polar surface area (TPSA) is 140 Å². The molecule has 2 fully saturated rings. The van der Waals surface area contributed by atoms with Crippen molar-refractivity contribution in [1.82, 2.24) is 19.7 Å². The minimum absolute atomic E-state index is 0.00273. The first kappa shape index (κ1) is 37.2. The molecule has 0 unspecified atom stereocenters. The number of rotatable bonds is 16. The predicted molar refractivity (Wildman–Crippen MR) is 179 cm³/mol. The number of aromatic nitrogens is 1. The molecule has 3 atom stereocenters. The summed E-state index contributed by atoms with van der Waals surface area (Å²) < 4.78 is 0. The molecule has 1 aromatic heterocycles. The van der Waals surface area contributed by atoms with E-state index in [4.69, 9.17) is 5.73 Å². The lowest BCUT2D eigenvalue weighted by Gasteiger charge is -2.39. The van der Waals surface area contributed by atoms with Crippen LogP contribution in [0.15, 0.2) is 5.38 Å². The van der Waals surface area contributed by atoms with E-state index in [1.165, 1.54) is 35.5 Å². The Morgan fingerprint density at radius 1 is 0.911 bits per heavy atom. The second kappa shape index (κ2) is 18.8. The van der Waals surface area contributed by atoms with E-state index in [-0.39, 0.29) is 49.6 Å². The predicted octanol–water partition coefficient (Wildman–Crippen LogP) is 4.83. The van der Waals surface area contributed by atoms with E-state index < -0.39 is 18.2 Å². The molecule has 256 valence electrons. The lowest BCUT2D eigenvalue weighted by Crippen LogP contribution is -2.52. The van der Waals surface area contributed by atoms with Crippen LogP contribution < -0.4 is 5.73 Å². The molecule has 11 heteroatoms. The highest BCUT2D eigenvalue weighted by atomic mass is 32.1. The number of hydrogen-bond acceptors (Lipinski definition) is 8. The Hall–Kier alpha value is -2.24. The normalized spacial score (nSPS) is 18.6. The molecule has 2 aliphatic carbocycles. The van der Waals surface area contributed by atoms with Crippen molar-refractivity contribution in [2.45, 2.75) is 135 Å². The smallest absolute Gasteiger partial charge is 0.241 e. The summed E-state index contributed by atoms with van der Waals surface area (Å²) in [5, 5.41) is 24.9. The van der Waals surface area contributed by atoms with E-state index >= 15 is 0 Å². The SMILES string of the molecule is CC(C)C[C@H](O)[C@H](O)[C@H](CC1CCCCC1)N(Cc1csc(N)n1)C(=O)CCC(=O)N(CC(=O)N(C)C)CC1CCCCCC1. The lowest BCUT2D eigenvalue weighted by molar-refractivity contribution is -0.145. The van der Waals surface area contributed by atoms with Gasteiger partial charge < -0.3 is 30.6 Å². The molecule has 0 radical (unpaired) electrons. The Balaban J connectivity index is 1.82. The van der Waals surface area contributed by atoms with Crippen molar-refractivity contribution in [3.05, 3.63) is 11.1 Å². The first-order chi connectivity index (χ1) is 21.4. The Morgan fingerprint density at radius 2 is 1.49 bits per heavy atom. The number of aliphatic hydroxyl groups excluding tert-OH is 2. The monoisotopic (exact) mass is 649 g/mol. The lowest BCUT2D eigenvalue weighted by atomic mass is 9.81. The second-order valence-electron chi connectivity index (χ2n) is 14.1. The first-order valence-corrected chi connectivity index (χ1v) is 18.2. The van der Waals surface area contributed by atoms with Crippen LogP contribution in [0.4, 0.5) is 5.13 Å². The van der Waals surface area contributed by atoms with E-state index in [0.29, 0.717) is 42.0 Å². The summed E-state index contributed by atoms with van der Waals surface area (Å²) in [6.07, 6.45) is 11.1. The summed E-state index contributed by atoms with van der Waals surface area (Å²) in [7, 11) is 3.38. The molecule has 1 heterocycles. The van der Waals surface area contributed by atoms with Crippen LogP contribution in [0.25, 0.3) is 0 Å². The number of likely N-dealkylation sites (N-methyl/N-ethyl adjacent to an activating group) is 1. The maximum Gasteiger partial charge on any atom is 0.241 e. The van der Waals surface area contributed by atoms with Crippen LogP contribution in [-0.2, 0) is 20.9 Å². The van der Waals surface area contributed by atoms with E-state index in [9.17, 15) is 24.6 Å². The van der Waals surface area contributed by atoms with Gasteiger partial charge in [0.15, 0.2) is 5.13 Å². The number of carbonyl (C=O) groups excluding carboxylic acids is 3. The zero-order chi connectivity index (χ0) is 32.9. The number of nitrogens with zero attached hydrogens (tertiary/aromatic N) is 4. The number of aliphatic hydroxyl groups is 2. The Kier molecular flexibility index (Phi) is 15.5. The summed E-state index contributed by atoms with van der Waals surface area (Å²) >= 11 is 1.30. The molecule has 2 aliphatic rings. The van der Waals surface area contributed by atoms with Gasteiger partial charge >= 0.3 is 0 Å². The molecular formula is C34H59N5O5S. The molecule has 2 saturated carbocycles. The van der Waals surface area contributed by atoms with Gasteiger partial charge in [0.1, 0.15) is 6.10 Å². The Morgan fingerprint density at radius 3 is 2.04 bits per heavy atom. The van der Waals surface area contributed by atoms with Crippen LogP contribution in [0, 0.1) is 17.8 Å². The molecule has 3 rings (SSSR count). The van der Waals surface area contributed by atoms with Gasteiger partial charge in [-0.25, -0.2) is 4.98 Å². The molecule has 45 heavy (non-hydrogen) atoms. The fraction of sp³-hybridized carbons (Fsp3) is 0.824. The quantitative estimate of drug-likeness (QED) is 0.218. The van der Waals surface area contributed by atoms with Crippen LogP contribution in [0.3, 0.4) is 0 Å². The summed E-state index contributed by atoms with van der Waals surface area (Å²) in [5.74, 6) is 0.264. The van der Waals surface area contributed by atoms with Gasteiger partial charge in [0.25, 0.3) is 0 Å². The van der Waals surface area contributed by atoms with Crippen molar-refractivity contribution >= 4 is 34.2 Å². The molecule has 0 spiro atoms. The second-order valence-corrected chi connectivity index (χ2v) is 15.0. The molecule has 0 aliphatic heterocycles. The van der Waals surface area contributed by atoms with Crippen molar-refractivity contribution in [3.63, 3.8) is 0 Å². The van der Waals surface area contributed by atoms with Crippen LogP contribution in [0.2, 0.25) is 0 Å². The highest BCUT2D eigenvalue weighted by Crippen LogP contribution is 2.32. The number of thiazole rings is 1. The van der Waals surface area contributed by atoms with Crippen molar-refractivity contribution in [2.75, 3.05) is 32.9 Å². The van der Waals surface area contributed by atoms with Crippen LogP contribution >= 0.6 is 11.3 Å². The third kappa shape index (κ3) is 12.5. The average molecular weight is 650 g/mol. The minimum atomic E-state index is -1.13. The fourth-order valence-corrected chi connectivity index (χ4v) is 7.54. The van der Waals surface area contributed by atoms with Crippen LogP contribution in [0.1, 0.15) is 116 Å². The van der Waals surface area contributed by atoms with Gasteiger partial charge in [-0.15, -0.1) is 11.3 Å². The van der Waals surface area contributed by atoms with Crippen LogP contribution in [0.5, 0.6) is 0 Å². The third-order valence-electron chi connectivity index (χ3n) is 9.61. The molecule has 3 amide bonds. The largest absolute Gasteiger partial charge is 0.390 e. The number of amides is 3. The van der Waals surface area contributed by atoms with E-state index in [1.807, 2.05) is 19.2 Å². The number of carbonyl (C=O) groups is 3. The molecular weight excluding hydrogens is 590 g/mol. The van der Waals surface area contributed by atoms with Gasteiger partial charge in [0.2, 0.25) is 17.7 Å². The van der Waals surface area contributed by atoms with Crippen molar-refractivity contribution < 1.29 is 24.6 Å². The molecule has 10 nitrogen and oxygen atoms in total. The fourth-order valence-electron chi connectivity index (χ4n) is 6.99. The first-order valence-electron chi connectivity index (χ1n) is 17.3. The molecule has 4 N–H and O–H groups in total. The average Bonchev–Trinajstić information content (AvgIpc) is 3.24. The highest BCUT2D eigenvalue weighted by Gasteiger charge is 2.37. The zero-order valence-corrected chi connectivity index (χ0v) is 29.0. The van der Waals surface area contributed by atoms with Gasteiger partial charge in [0, 0.05) is 38.9 Å². The van der Waals surface area contributed by atoms with Gasteiger partial charge in [-0.2, -0.15) is 0 Å². The summed E-state index contributed by atoms with van der Waals surface area (Å²) in [6.45, 7) is 4.68. The minimum Gasteiger partial charge on any atom is -0.390 e. The van der Waals surface area contributed by atoms with Gasteiger partial charge in [0.05, 0.1) is 30.9 Å². The molecule has 0 aromatic carbocycles. The Bertz CT molecular complexity index is 1050. The summed E-state index contributed by atoms with van der Waals surface area (Å²) in [4.78, 5) is 49.7. The van der Waals surface area contributed by atoms with Crippen LogP contribution in [-0.4, -0.2) is 93.1 Å². The molecule has 0 bridgehead atoms. The van der Waals surface area contributed by atoms with Crippen molar-refractivity contribution in [1.29, 1.82) is 0 Å². The number of hydrogen-bond donors (Lipinski definition) is 3. The van der Waals surface area contributed by atoms with Crippen molar-refractivity contribution in [2.24, 2.45) is 17.8 Å². The third-order valence-corrected chi connectivity index (χ3v) is 10.3. The van der Waals surface area contributed by atoms with Gasteiger partial charge in [-0.3, -0.25) is 14.4 Å². The maximum absolute atomic E-state index is 14.1. The summed E-state index contributed by atoms with van der Waals surface area (Å²) in [5.41, 5.74) is 6.56. The molecule has 1 aromatic rings. The Labute approximate surface area is 274 Å². The van der Waals surface area contributed by atoms with E-state index in [1.54, 1.807) is 23.9 Å². The number of nitrogen functional groups attached to an aromatic ring is 1. The van der Waals surface area contributed by atoms with Crippen molar-refractivity contribution in [3.8, 4) is 0 Å². The van der Waals surface area contributed by atoms with E-state index in [2.05, 4.69) is 4.98 Å². The number of anilines is 1. The van der Waals surface area contributed by atoms with Gasteiger partial charge in [-0.1, -0.05) is 71.6 Å². The zero-order valence-electron chi connectivity index (χ0n) is 28.2. The summed E-state index contributed by atoms with van der Waals surface area (Å²) in [6, 6.07) is -0.621. The number of nitrogens with two attached hydrogens (primary N) is 1. The van der Waals surface area contributed by atoms with Gasteiger partial charge in [-0.05, 0) is 43.4 Å². The molecule has 0 saturated heterocycles. The van der Waals surface area contributed by atoms with E-state index in [0.717, 1.165) is 51.4 Å². The maximum atomic E-state index is 14.1. The standard InChI is InChI=1S/C34H59N5O5S/c1-24(2)18-29(40)33(44)28(19-25-12-10-7-11-13-25)39(21-27-23-45-34(35)36-27)31(42)17-16-30(41)38(22-32(43)37(3)4)20-26-14-8-5-6-9-15-26/h23-26,28-29,33,40,44H,5-22H2,1-4H3,(H2,35,36)/t28-,29-,33+/m0/s1.